The van der Waals surface area contributed by atoms with Gasteiger partial charge in [-0.2, -0.15) is 0 Å². The molecule has 0 bridgehead atoms. The normalized spacial score (nSPS) is 21.0. The molecule has 0 unspecified atom stereocenters. The molecule has 2 aromatic rings. The van der Waals surface area contributed by atoms with E-state index in [0.717, 1.165) is 30.5 Å². The van der Waals surface area contributed by atoms with Gasteiger partial charge in [0.15, 0.2) is 0 Å². The number of benzene rings is 2. The number of carbonyl (C=O) groups excluding carboxylic acids is 1. The summed E-state index contributed by atoms with van der Waals surface area (Å²) in [5.41, 5.74) is 3.08. The maximum Gasteiger partial charge on any atom is 0.277 e. The summed E-state index contributed by atoms with van der Waals surface area (Å²) in [5, 5.41) is 3.39. The summed E-state index contributed by atoms with van der Waals surface area (Å²) in [7, 11) is -3.28. The lowest BCUT2D eigenvalue weighted by Crippen LogP contribution is -2.19. The number of rotatable bonds is 6. The van der Waals surface area contributed by atoms with Gasteiger partial charge in [-0.05, 0) is 35.9 Å². The molecule has 146 valence electrons. The zero-order valence-electron chi connectivity index (χ0n) is 15.4. The molecular weight excluding hydrogens is 378 g/mol. The Hall–Kier alpha value is -2.71. The van der Waals surface area contributed by atoms with Gasteiger partial charge in [0.25, 0.3) is 5.91 Å². The molecule has 2 N–H and O–H groups in total. The van der Waals surface area contributed by atoms with Crippen LogP contribution in [0, 0.1) is 5.92 Å². The molecule has 2 aliphatic rings. The van der Waals surface area contributed by atoms with E-state index in [0.29, 0.717) is 23.6 Å². The lowest BCUT2D eigenvalue weighted by molar-refractivity contribution is 0.101. The molecule has 2 aliphatic heterocycles. The molecule has 2 aromatic carbocycles. The first-order valence-electron chi connectivity index (χ1n) is 9.03. The number of nitrogens with zero attached hydrogens (tertiary/aromatic N) is 1. The van der Waals surface area contributed by atoms with Crippen molar-refractivity contribution in [3.63, 3.8) is 0 Å². The second-order valence-electron chi connectivity index (χ2n) is 7.14. The van der Waals surface area contributed by atoms with E-state index in [-0.39, 0.29) is 17.7 Å². The molecule has 1 saturated heterocycles. The largest absolute Gasteiger partial charge is 0.493 e. The number of hydrogen-bond donors (Lipinski definition) is 2. The standard InChI is InChI=1S/C20H21N3O4S/c1-28(25,26)23-16-5-2-13(3-6-16)19-11-21-9-15(19)12-27-17-7-4-14-10-22-20(24)18(14)8-17/h2-8,10,15,19,21,23H,9,11-12H2,1H3/t15-,19-/m0/s1. The topological polar surface area (TPSA) is 96.9 Å². The van der Waals surface area contributed by atoms with Gasteiger partial charge in [0.05, 0.1) is 18.4 Å². The third-order valence-corrected chi connectivity index (χ3v) is 5.63. The lowest BCUT2D eigenvalue weighted by Gasteiger charge is -2.20. The van der Waals surface area contributed by atoms with Gasteiger partial charge in [-0.25, -0.2) is 13.4 Å². The van der Waals surface area contributed by atoms with Crippen molar-refractivity contribution in [3.8, 4) is 5.75 Å². The minimum Gasteiger partial charge on any atom is -0.493 e. The second-order valence-corrected chi connectivity index (χ2v) is 8.89. The summed E-state index contributed by atoms with van der Waals surface area (Å²) in [4.78, 5) is 15.5. The highest BCUT2D eigenvalue weighted by atomic mass is 32.2. The first-order valence-corrected chi connectivity index (χ1v) is 10.9. The van der Waals surface area contributed by atoms with Crippen molar-refractivity contribution >= 4 is 27.8 Å². The van der Waals surface area contributed by atoms with E-state index in [2.05, 4.69) is 15.0 Å². The summed E-state index contributed by atoms with van der Waals surface area (Å²) in [5.74, 6) is 0.972. The van der Waals surface area contributed by atoms with Gasteiger partial charge in [-0.3, -0.25) is 9.52 Å². The zero-order valence-corrected chi connectivity index (χ0v) is 16.2. The van der Waals surface area contributed by atoms with E-state index in [1.165, 1.54) is 0 Å². The van der Waals surface area contributed by atoms with Gasteiger partial charge >= 0.3 is 0 Å². The van der Waals surface area contributed by atoms with Crippen LogP contribution in [0.2, 0.25) is 0 Å². The Morgan fingerprint density at radius 1 is 1.18 bits per heavy atom. The van der Waals surface area contributed by atoms with Crippen LogP contribution in [-0.2, 0) is 10.0 Å². The first-order chi connectivity index (χ1) is 13.4. The molecule has 0 aliphatic carbocycles. The number of aliphatic imine (C=N–C) groups is 1. The molecule has 0 saturated carbocycles. The molecule has 7 nitrogen and oxygen atoms in total. The van der Waals surface area contributed by atoms with Crippen LogP contribution in [0.3, 0.4) is 0 Å². The van der Waals surface area contributed by atoms with Gasteiger partial charge in [0.2, 0.25) is 10.0 Å². The molecule has 1 fully saturated rings. The van der Waals surface area contributed by atoms with Crippen LogP contribution in [-0.4, -0.2) is 46.5 Å². The van der Waals surface area contributed by atoms with Gasteiger partial charge < -0.3 is 10.1 Å². The fourth-order valence-corrected chi connectivity index (χ4v) is 4.20. The van der Waals surface area contributed by atoms with Crippen LogP contribution in [0.15, 0.2) is 47.5 Å². The monoisotopic (exact) mass is 399 g/mol. The smallest absolute Gasteiger partial charge is 0.277 e. The first kappa shape index (κ1) is 18.6. The van der Waals surface area contributed by atoms with Crippen molar-refractivity contribution in [2.45, 2.75) is 5.92 Å². The van der Waals surface area contributed by atoms with Gasteiger partial charge in [0, 0.05) is 42.4 Å². The molecule has 1 amide bonds. The Morgan fingerprint density at radius 3 is 2.71 bits per heavy atom. The Balaban J connectivity index is 1.41. The second kappa shape index (κ2) is 7.37. The summed E-state index contributed by atoms with van der Waals surface area (Å²) >= 11 is 0. The number of amides is 1. The van der Waals surface area contributed by atoms with Crippen molar-refractivity contribution in [1.29, 1.82) is 0 Å². The average molecular weight is 399 g/mol. The molecule has 4 rings (SSSR count). The summed E-state index contributed by atoms with van der Waals surface area (Å²) < 4.78 is 31.1. The lowest BCUT2D eigenvalue weighted by atomic mass is 9.89. The SMILES string of the molecule is CS(=O)(=O)Nc1ccc([C@@H]2CNC[C@H]2COc2ccc3c(c2)C(=O)N=C3)cc1. The van der Waals surface area contributed by atoms with E-state index in [4.69, 9.17) is 4.74 Å². The predicted octanol–water partition coefficient (Wildman–Crippen LogP) is 2.01. The van der Waals surface area contributed by atoms with E-state index in [1.807, 2.05) is 24.3 Å². The Labute approximate surface area is 163 Å². The fourth-order valence-electron chi connectivity index (χ4n) is 3.63. The van der Waals surface area contributed by atoms with E-state index in [9.17, 15) is 13.2 Å². The Bertz CT molecular complexity index is 1030. The van der Waals surface area contributed by atoms with Crippen LogP contribution < -0.4 is 14.8 Å². The third kappa shape index (κ3) is 4.07. The van der Waals surface area contributed by atoms with Crippen molar-refractivity contribution in [1.82, 2.24) is 5.32 Å². The number of fused-ring (bicyclic) bond motifs is 1. The average Bonchev–Trinajstić information content (AvgIpc) is 3.26. The fraction of sp³-hybridized carbons (Fsp3) is 0.300. The van der Waals surface area contributed by atoms with E-state index < -0.39 is 10.0 Å². The minimum absolute atomic E-state index is 0.233. The molecule has 2 heterocycles. The van der Waals surface area contributed by atoms with Crippen LogP contribution >= 0.6 is 0 Å². The molecule has 0 radical (unpaired) electrons. The molecule has 0 spiro atoms. The zero-order chi connectivity index (χ0) is 19.7. The molecule has 0 aromatic heterocycles. The molecule has 2 atom stereocenters. The molecule has 28 heavy (non-hydrogen) atoms. The van der Waals surface area contributed by atoms with Gasteiger partial charge in [-0.1, -0.05) is 12.1 Å². The third-order valence-electron chi connectivity index (χ3n) is 5.02. The van der Waals surface area contributed by atoms with E-state index in [1.54, 1.807) is 24.4 Å². The minimum atomic E-state index is -3.28. The van der Waals surface area contributed by atoms with Crippen LogP contribution in [0.1, 0.15) is 27.4 Å². The molecule has 8 heteroatoms. The van der Waals surface area contributed by atoms with Crippen molar-refractivity contribution < 1.29 is 17.9 Å². The molecular formula is C20H21N3O4S. The highest BCUT2D eigenvalue weighted by Gasteiger charge is 2.29. The highest BCUT2D eigenvalue weighted by molar-refractivity contribution is 7.92. The van der Waals surface area contributed by atoms with Gasteiger partial charge in [0.1, 0.15) is 5.75 Å². The Morgan fingerprint density at radius 2 is 1.96 bits per heavy atom. The number of ether oxygens (including phenoxy) is 1. The summed E-state index contributed by atoms with van der Waals surface area (Å²) in [6.45, 7) is 2.19. The number of anilines is 1. The van der Waals surface area contributed by atoms with Crippen LogP contribution in [0.25, 0.3) is 0 Å². The van der Waals surface area contributed by atoms with Crippen LogP contribution in [0.4, 0.5) is 5.69 Å². The van der Waals surface area contributed by atoms with Crippen molar-refractivity contribution in [3.05, 3.63) is 59.2 Å². The van der Waals surface area contributed by atoms with E-state index >= 15 is 0 Å². The predicted molar refractivity (Wildman–Crippen MR) is 108 cm³/mol. The maximum atomic E-state index is 11.7. The van der Waals surface area contributed by atoms with Crippen molar-refractivity contribution in [2.24, 2.45) is 10.9 Å². The number of carbonyl (C=O) groups is 1. The van der Waals surface area contributed by atoms with Gasteiger partial charge in [-0.15, -0.1) is 0 Å². The van der Waals surface area contributed by atoms with Crippen LogP contribution in [0.5, 0.6) is 5.75 Å². The number of nitrogens with one attached hydrogen (secondary N) is 2. The Kier molecular flexibility index (Phi) is 4.91. The quantitative estimate of drug-likeness (QED) is 0.775. The number of hydrogen-bond acceptors (Lipinski definition) is 5. The summed E-state index contributed by atoms with van der Waals surface area (Å²) in [6, 6.07) is 12.9. The number of sulfonamides is 1. The van der Waals surface area contributed by atoms with Crippen molar-refractivity contribution in [2.75, 3.05) is 30.7 Å². The summed E-state index contributed by atoms with van der Waals surface area (Å²) in [6.07, 6.45) is 2.70. The highest BCUT2D eigenvalue weighted by Crippen LogP contribution is 2.30. The maximum absolute atomic E-state index is 11.7.